The van der Waals surface area contributed by atoms with Crippen molar-refractivity contribution >= 4 is 15.9 Å². The molecule has 9 heteroatoms. The Balaban J connectivity index is 1.55. The first kappa shape index (κ1) is 17.7. The summed E-state index contributed by atoms with van der Waals surface area (Å²) in [6, 6.07) is 8.14. The smallest absolute Gasteiger partial charge is 0.287 e. The minimum absolute atomic E-state index is 0.0912. The zero-order chi connectivity index (χ0) is 19.2. The molecule has 4 rings (SSSR count). The topological polar surface area (TPSA) is 106 Å². The number of sulfonamides is 1. The van der Waals surface area contributed by atoms with Crippen molar-refractivity contribution in [2.75, 3.05) is 13.2 Å². The summed E-state index contributed by atoms with van der Waals surface area (Å²) in [7, 11) is -3.72. The zero-order valence-electron chi connectivity index (χ0n) is 14.5. The van der Waals surface area contributed by atoms with Crippen LogP contribution in [0.4, 0.5) is 0 Å². The predicted octanol–water partition coefficient (Wildman–Crippen LogP) is 0.902. The molecule has 1 N–H and O–H groups in total. The lowest BCUT2D eigenvalue weighted by atomic mass is 10.2. The summed E-state index contributed by atoms with van der Waals surface area (Å²) >= 11 is 0. The number of para-hydroxylation sites is 1. The highest BCUT2D eigenvalue weighted by atomic mass is 32.2. The number of amides is 1. The highest BCUT2D eigenvalue weighted by Crippen LogP contribution is 2.35. The normalized spacial score (nSPS) is 23.6. The average Bonchev–Trinajstić information content (AvgIpc) is 2.99. The van der Waals surface area contributed by atoms with E-state index in [0.29, 0.717) is 17.9 Å². The Morgan fingerprint density at radius 3 is 2.81 bits per heavy atom. The molecule has 1 amide bonds. The molecule has 0 aliphatic carbocycles. The van der Waals surface area contributed by atoms with Crippen LogP contribution in [-0.4, -0.2) is 43.9 Å². The minimum Gasteiger partial charge on any atom is -0.490 e. The molecule has 0 unspecified atom stereocenters. The van der Waals surface area contributed by atoms with E-state index in [-0.39, 0.29) is 35.3 Å². The number of hydrogen-bond acceptors (Lipinski definition) is 6. The Morgan fingerprint density at radius 2 is 2.04 bits per heavy atom. The van der Waals surface area contributed by atoms with Gasteiger partial charge in [-0.15, -0.1) is 0 Å². The van der Waals surface area contributed by atoms with E-state index < -0.39 is 22.0 Å². The fourth-order valence-electron chi connectivity index (χ4n) is 3.50. The second kappa shape index (κ2) is 6.50. The Morgan fingerprint density at radius 1 is 1.26 bits per heavy atom. The second-order valence-electron chi connectivity index (χ2n) is 6.66. The van der Waals surface area contributed by atoms with Crippen LogP contribution in [0.5, 0.6) is 5.75 Å². The van der Waals surface area contributed by atoms with Crippen LogP contribution in [0.25, 0.3) is 0 Å². The van der Waals surface area contributed by atoms with Gasteiger partial charge in [0.15, 0.2) is 11.2 Å². The average molecular weight is 390 g/mol. The molecule has 2 aliphatic heterocycles. The maximum atomic E-state index is 13.0. The second-order valence-corrected chi connectivity index (χ2v) is 8.52. The molecule has 0 spiro atoms. The summed E-state index contributed by atoms with van der Waals surface area (Å²) in [5, 5.41) is 2.75. The van der Waals surface area contributed by atoms with E-state index in [2.05, 4.69) is 5.32 Å². The minimum atomic E-state index is -3.72. The third-order valence-corrected chi connectivity index (χ3v) is 6.64. The van der Waals surface area contributed by atoms with Gasteiger partial charge >= 0.3 is 0 Å². The van der Waals surface area contributed by atoms with Crippen LogP contribution >= 0.6 is 0 Å². The molecule has 1 aromatic heterocycles. The molecule has 2 atom stereocenters. The Kier molecular flexibility index (Phi) is 4.27. The van der Waals surface area contributed by atoms with Crippen LogP contribution in [0.15, 0.2) is 50.5 Å². The SMILES string of the molecule is Cc1cc(=O)cc(C(=O)N[C@H]2C[C@H]3COc4ccccc4S(=O)(=O)N3C2)o1. The first-order chi connectivity index (χ1) is 12.8. The van der Waals surface area contributed by atoms with Gasteiger partial charge in [0.1, 0.15) is 23.0 Å². The number of nitrogens with one attached hydrogen (secondary N) is 1. The van der Waals surface area contributed by atoms with Crippen molar-refractivity contribution in [3.05, 3.63) is 58.1 Å². The van der Waals surface area contributed by atoms with Gasteiger partial charge in [0.25, 0.3) is 5.91 Å². The Hall–Kier alpha value is -2.65. The maximum Gasteiger partial charge on any atom is 0.287 e. The van der Waals surface area contributed by atoms with Crippen LogP contribution in [0, 0.1) is 6.92 Å². The summed E-state index contributed by atoms with van der Waals surface area (Å²) in [5.74, 6) is 0.0401. The standard InChI is InChI=1S/C18H18N2O6S/c1-11-6-14(21)8-16(26-11)18(22)19-12-7-13-10-25-15-4-2-3-5-17(15)27(23,24)20(13)9-12/h2-6,8,12-13H,7,9-10H2,1H3,(H,19,22)/t12-,13-/m0/s1. The molecule has 1 saturated heterocycles. The Bertz CT molecular complexity index is 1060. The summed E-state index contributed by atoms with van der Waals surface area (Å²) in [5.41, 5.74) is -0.322. The molecule has 0 radical (unpaired) electrons. The highest BCUT2D eigenvalue weighted by Gasteiger charge is 2.44. The number of rotatable bonds is 2. The fourth-order valence-corrected chi connectivity index (χ4v) is 5.30. The molecule has 1 fully saturated rings. The summed E-state index contributed by atoms with van der Waals surface area (Å²) in [6.07, 6.45) is 0.412. The maximum absolute atomic E-state index is 13.0. The molecule has 142 valence electrons. The van der Waals surface area contributed by atoms with Crippen LogP contribution in [0.1, 0.15) is 22.7 Å². The number of carbonyl (C=O) groups excluding carboxylic acids is 1. The lowest BCUT2D eigenvalue weighted by Gasteiger charge is -2.19. The number of hydrogen-bond donors (Lipinski definition) is 1. The van der Waals surface area contributed by atoms with Crippen molar-refractivity contribution in [3.8, 4) is 5.75 Å². The molecule has 27 heavy (non-hydrogen) atoms. The van der Waals surface area contributed by atoms with Crippen LogP contribution in [0.2, 0.25) is 0 Å². The summed E-state index contributed by atoms with van der Waals surface area (Å²) in [6.45, 7) is 1.92. The third kappa shape index (κ3) is 3.24. The number of benzene rings is 1. The lowest BCUT2D eigenvalue weighted by Crippen LogP contribution is -2.39. The first-order valence-electron chi connectivity index (χ1n) is 8.51. The van der Waals surface area contributed by atoms with Gasteiger partial charge in [0, 0.05) is 24.7 Å². The van der Waals surface area contributed by atoms with Crippen molar-refractivity contribution in [1.82, 2.24) is 9.62 Å². The van der Waals surface area contributed by atoms with Gasteiger partial charge in [-0.1, -0.05) is 12.1 Å². The molecule has 0 saturated carbocycles. The van der Waals surface area contributed by atoms with Crippen molar-refractivity contribution in [2.45, 2.75) is 30.3 Å². The number of aryl methyl sites for hydroxylation is 1. The fraction of sp³-hybridized carbons (Fsp3) is 0.333. The molecule has 8 nitrogen and oxygen atoms in total. The van der Waals surface area contributed by atoms with Gasteiger partial charge in [-0.3, -0.25) is 9.59 Å². The highest BCUT2D eigenvalue weighted by molar-refractivity contribution is 7.89. The molecule has 1 aromatic carbocycles. The number of fused-ring (bicyclic) bond motifs is 2. The van der Waals surface area contributed by atoms with Gasteiger partial charge in [-0.25, -0.2) is 8.42 Å². The molecule has 2 aromatic rings. The molecule has 0 bridgehead atoms. The van der Waals surface area contributed by atoms with Gasteiger partial charge in [0.2, 0.25) is 10.0 Å². The van der Waals surface area contributed by atoms with Crippen LogP contribution in [-0.2, 0) is 10.0 Å². The third-order valence-electron chi connectivity index (χ3n) is 4.68. The van der Waals surface area contributed by atoms with E-state index in [9.17, 15) is 18.0 Å². The summed E-state index contributed by atoms with van der Waals surface area (Å²) in [4.78, 5) is 24.1. The molecular weight excluding hydrogens is 372 g/mol. The van der Waals surface area contributed by atoms with E-state index >= 15 is 0 Å². The van der Waals surface area contributed by atoms with Crippen LogP contribution < -0.4 is 15.5 Å². The quantitative estimate of drug-likeness (QED) is 0.817. The summed E-state index contributed by atoms with van der Waals surface area (Å²) < 4.78 is 38.3. The van der Waals surface area contributed by atoms with E-state index in [1.807, 2.05) is 0 Å². The van der Waals surface area contributed by atoms with Gasteiger partial charge in [-0.05, 0) is 25.5 Å². The number of ether oxygens (including phenoxy) is 1. The van der Waals surface area contributed by atoms with Gasteiger partial charge in [-0.2, -0.15) is 4.31 Å². The van der Waals surface area contributed by atoms with Gasteiger partial charge < -0.3 is 14.5 Å². The largest absolute Gasteiger partial charge is 0.490 e. The Labute approximate surface area is 155 Å². The molecular formula is C18H18N2O6S. The van der Waals surface area contributed by atoms with Crippen molar-refractivity contribution in [2.24, 2.45) is 0 Å². The van der Waals surface area contributed by atoms with E-state index in [1.165, 1.54) is 16.4 Å². The van der Waals surface area contributed by atoms with E-state index in [0.717, 1.165) is 6.07 Å². The lowest BCUT2D eigenvalue weighted by molar-refractivity contribution is 0.0906. The number of carbonyl (C=O) groups is 1. The van der Waals surface area contributed by atoms with Gasteiger partial charge in [0.05, 0.1) is 6.04 Å². The predicted molar refractivity (Wildman–Crippen MR) is 95.2 cm³/mol. The molecule has 2 aliphatic rings. The van der Waals surface area contributed by atoms with Crippen LogP contribution in [0.3, 0.4) is 0 Å². The first-order valence-corrected chi connectivity index (χ1v) is 9.95. The van der Waals surface area contributed by atoms with Crippen molar-refractivity contribution in [3.63, 3.8) is 0 Å². The number of nitrogens with zero attached hydrogens (tertiary/aromatic N) is 1. The van der Waals surface area contributed by atoms with Crippen molar-refractivity contribution < 1.29 is 22.4 Å². The van der Waals surface area contributed by atoms with E-state index in [4.69, 9.17) is 9.15 Å². The van der Waals surface area contributed by atoms with E-state index in [1.54, 1.807) is 25.1 Å². The van der Waals surface area contributed by atoms with Crippen molar-refractivity contribution in [1.29, 1.82) is 0 Å². The molecule has 3 heterocycles. The zero-order valence-corrected chi connectivity index (χ0v) is 15.4. The monoisotopic (exact) mass is 390 g/mol.